The minimum absolute atomic E-state index is 0.0998. The minimum Gasteiger partial charge on any atom is -0.329 e. The molecule has 0 aliphatic heterocycles. The van der Waals surface area contributed by atoms with Crippen LogP contribution in [0, 0.1) is 0 Å². The molecule has 0 saturated carbocycles. The van der Waals surface area contributed by atoms with E-state index in [0.717, 1.165) is 32.7 Å². The van der Waals surface area contributed by atoms with Crippen LogP contribution in [0.15, 0.2) is 0 Å². The number of thiol groups is 1. The van der Waals surface area contributed by atoms with E-state index in [1.165, 1.54) is 0 Å². The monoisotopic (exact) mass is 234 g/mol. The van der Waals surface area contributed by atoms with Gasteiger partial charge >= 0.3 is 0 Å². The lowest BCUT2D eigenvalue weighted by molar-refractivity contribution is 0.277. The average Bonchev–Trinajstić information content (AvgIpc) is 2.12. The van der Waals surface area contributed by atoms with Gasteiger partial charge in [0, 0.05) is 39.3 Å². The molecule has 0 aromatic rings. The Morgan fingerprint density at radius 1 is 1.20 bits per heavy atom. The van der Waals surface area contributed by atoms with Crippen LogP contribution in [-0.4, -0.2) is 56.1 Å². The molecule has 0 spiro atoms. The van der Waals surface area contributed by atoms with Crippen LogP contribution in [-0.2, 0) is 0 Å². The fraction of sp³-hybridized carbons (Fsp3) is 1.00. The second kappa shape index (κ2) is 8.35. The summed E-state index contributed by atoms with van der Waals surface area (Å²) in [7, 11) is 1.97. The Bertz CT molecular complexity index is 147. The summed E-state index contributed by atoms with van der Waals surface area (Å²) in [5, 5.41) is 6.49. The molecular weight excluding hydrogens is 208 g/mol. The van der Waals surface area contributed by atoms with Gasteiger partial charge in [0.1, 0.15) is 0 Å². The summed E-state index contributed by atoms with van der Waals surface area (Å²) in [6.45, 7) is 9.79. The second-order valence-electron chi connectivity index (χ2n) is 4.22. The molecule has 0 bridgehead atoms. The molecule has 15 heavy (non-hydrogen) atoms. The molecule has 0 amide bonds. The number of likely N-dealkylation sites (N-methyl/N-ethyl adjacent to an activating group) is 1. The van der Waals surface area contributed by atoms with E-state index in [4.69, 9.17) is 5.73 Å². The summed E-state index contributed by atoms with van der Waals surface area (Å²) in [6.07, 6.45) is 0. The third-order valence-corrected chi connectivity index (χ3v) is 2.27. The Kier molecular flexibility index (Phi) is 8.46. The maximum absolute atomic E-state index is 5.56. The lowest BCUT2D eigenvalue weighted by Crippen LogP contribution is -2.43. The van der Waals surface area contributed by atoms with Crippen LogP contribution < -0.4 is 16.4 Å². The molecule has 92 valence electrons. The highest BCUT2D eigenvalue weighted by atomic mass is 32.1. The summed E-state index contributed by atoms with van der Waals surface area (Å²) in [6, 6.07) is 0. The molecule has 0 saturated heterocycles. The van der Waals surface area contributed by atoms with Crippen molar-refractivity contribution in [3.05, 3.63) is 0 Å². The maximum Gasteiger partial charge on any atom is 0.0558 e. The number of hydrogen-bond acceptors (Lipinski definition) is 5. The van der Waals surface area contributed by atoms with Crippen molar-refractivity contribution in [1.82, 2.24) is 15.5 Å². The summed E-state index contributed by atoms with van der Waals surface area (Å²) in [4.78, 5) is 2.25. The van der Waals surface area contributed by atoms with E-state index in [0.29, 0.717) is 6.54 Å². The van der Waals surface area contributed by atoms with Crippen molar-refractivity contribution in [1.29, 1.82) is 0 Å². The van der Waals surface area contributed by atoms with Gasteiger partial charge in [-0.3, -0.25) is 4.90 Å². The normalized spacial score (nSPS) is 12.4. The van der Waals surface area contributed by atoms with E-state index in [1.807, 2.05) is 7.05 Å². The topological polar surface area (TPSA) is 53.3 Å². The van der Waals surface area contributed by atoms with Gasteiger partial charge in [0.05, 0.1) is 4.87 Å². The third-order valence-electron chi connectivity index (χ3n) is 2.11. The highest BCUT2D eigenvalue weighted by Crippen LogP contribution is 2.05. The van der Waals surface area contributed by atoms with Gasteiger partial charge in [-0.2, -0.15) is 12.6 Å². The second-order valence-corrected chi connectivity index (χ2v) is 5.34. The first-order chi connectivity index (χ1) is 6.99. The first-order valence-electron chi connectivity index (χ1n) is 5.54. The van der Waals surface area contributed by atoms with E-state index in [1.54, 1.807) is 0 Å². The zero-order valence-electron chi connectivity index (χ0n) is 10.2. The molecule has 4 N–H and O–H groups in total. The molecule has 0 radical (unpaired) electrons. The van der Waals surface area contributed by atoms with Crippen LogP contribution in [0.2, 0.25) is 0 Å². The average molecular weight is 234 g/mol. The molecule has 0 unspecified atom stereocenters. The fourth-order valence-electron chi connectivity index (χ4n) is 1.31. The summed E-state index contributed by atoms with van der Waals surface area (Å²) >= 11 is 4.41. The molecule has 0 heterocycles. The smallest absolute Gasteiger partial charge is 0.0558 e. The zero-order chi connectivity index (χ0) is 11.7. The minimum atomic E-state index is -0.0998. The van der Waals surface area contributed by atoms with Gasteiger partial charge in [-0.15, -0.1) is 0 Å². The zero-order valence-corrected chi connectivity index (χ0v) is 11.1. The molecule has 0 aromatic carbocycles. The number of nitrogens with one attached hydrogen (secondary N) is 2. The lowest BCUT2D eigenvalue weighted by atomic mass is 10.3. The molecule has 5 heteroatoms. The molecule has 0 rings (SSSR count). The largest absolute Gasteiger partial charge is 0.329 e. The first-order valence-corrected chi connectivity index (χ1v) is 5.98. The molecule has 0 atom stereocenters. The quantitative estimate of drug-likeness (QED) is 0.327. The summed E-state index contributed by atoms with van der Waals surface area (Å²) in [5.41, 5.74) is 5.56. The van der Waals surface area contributed by atoms with E-state index in [-0.39, 0.29) is 4.87 Å². The van der Waals surface area contributed by atoms with Gasteiger partial charge in [0.2, 0.25) is 0 Å². The summed E-state index contributed by atoms with van der Waals surface area (Å²) in [5.74, 6) is 0. The SMILES string of the molecule is CNCCN(CCN)CCNC(C)(C)S. The van der Waals surface area contributed by atoms with Crippen molar-refractivity contribution in [2.24, 2.45) is 5.73 Å². The van der Waals surface area contributed by atoms with E-state index in [2.05, 4.69) is 42.0 Å². The van der Waals surface area contributed by atoms with Gasteiger partial charge in [0.25, 0.3) is 0 Å². The highest BCUT2D eigenvalue weighted by molar-refractivity contribution is 7.81. The van der Waals surface area contributed by atoms with Crippen molar-refractivity contribution in [2.45, 2.75) is 18.7 Å². The summed E-state index contributed by atoms with van der Waals surface area (Å²) < 4.78 is 0. The molecule has 0 aliphatic rings. The fourth-order valence-corrected chi connectivity index (χ4v) is 1.42. The first kappa shape index (κ1) is 15.2. The third kappa shape index (κ3) is 10.5. The predicted molar refractivity (Wildman–Crippen MR) is 70.5 cm³/mol. The van der Waals surface area contributed by atoms with E-state index >= 15 is 0 Å². The van der Waals surface area contributed by atoms with Crippen molar-refractivity contribution < 1.29 is 0 Å². The number of hydrogen-bond donors (Lipinski definition) is 4. The van der Waals surface area contributed by atoms with Crippen molar-refractivity contribution in [2.75, 3.05) is 46.3 Å². The van der Waals surface area contributed by atoms with Crippen LogP contribution in [0.5, 0.6) is 0 Å². The Morgan fingerprint density at radius 3 is 2.27 bits per heavy atom. The van der Waals surface area contributed by atoms with Crippen LogP contribution in [0.25, 0.3) is 0 Å². The Morgan fingerprint density at radius 2 is 1.80 bits per heavy atom. The van der Waals surface area contributed by atoms with Crippen LogP contribution in [0.1, 0.15) is 13.8 Å². The van der Waals surface area contributed by atoms with E-state index < -0.39 is 0 Å². The Balaban J connectivity index is 3.65. The maximum atomic E-state index is 5.56. The molecule has 0 aromatic heterocycles. The van der Waals surface area contributed by atoms with Crippen LogP contribution in [0.3, 0.4) is 0 Å². The number of nitrogens with two attached hydrogens (primary N) is 1. The van der Waals surface area contributed by atoms with Crippen molar-refractivity contribution >= 4 is 12.6 Å². The van der Waals surface area contributed by atoms with Gasteiger partial charge in [-0.1, -0.05) is 0 Å². The Hall–Kier alpha value is 0.190. The molecule has 0 aliphatic carbocycles. The molecular formula is C10H26N4S. The molecule has 4 nitrogen and oxygen atoms in total. The standard InChI is InChI=1S/C10H26N4S/c1-10(2,15)13-6-9-14(7-4-11)8-5-12-3/h12-13,15H,4-9,11H2,1-3H3. The van der Waals surface area contributed by atoms with Crippen LogP contribution in [0.4, 0.5) is 0 Å². The van der Waals surface area contributed by atoms with Crippen molar-refractivity contribution in [3.8, 4) is 0 Å². The number of rotatable bonds is 9. The van der Waals surface area contributed by atoms with Crippen LogP contribution >= 0.6 is 12.6 Å². The predicted octanol–water partition coefficient (Wildman–Crippen LogP) is -0.278. The van der Waals surface area contributed by atoms with Gasteiger partial charge in [-0.05, 0) is 20.9 Å². The Labute approximate surface area is 99.4 Å². The highest BCUT2D eigenvalue weighted by Gasteiger charge is 2.10. The van der Waals surface area contributed by atoms with Gasteiger partial charge in [0.15, 0.2) is 0 Å². The molecule has 0 fully saturated rings. The number of nitrogens with zero attached hydrogens (tertiary/aromatic N) is 1. The van der Waals surface area contributed by atoms with E-state index in [9.17, 15) is 0 Å². The van der Waals surface area contributed by atoms with Gasteiger partial charge < -0.3 is 16.4 Å². The van der Waals surface area contributed by atoms with Gasteiger partial charge in [-0.25, -0.2) is 0 Å². The lowest BCUT2D eigenvalue weighted by Gasteiger charge is -2.25. The van der Waals surface area contributed by atoms with Crippen molar-refractivity contribution in [3.63, 3.8) is 0 Å².